The molecule has 4 aromatic rings. The van der Waals surface area contributed by atoms with Gasteiger partial charge in [0, 0.05) is 17.3 Å². The summed E-state index contributed by atoms with van der Waals surface area (Å²) >= 11 is 1.34. The minimum Gasteiger partial charge on any atom is -0.323 e. The zero-order chi connectivity index (χ0) is 18.6. The lowest BCUT2D eigenvalue weighted by Gasteiger charge is -2.09. The van der Waals surface area contributed by atoms with Gasteiger partial charge in [-0.2, -0.15) is 0 Å². The Kier molecular flexibility index (Phi) is 4.84. The molecule has 0 aliphatic carbocycles. The molecule has 0 aliphatic heterocycles. The Morgan fingerprint density at radius 2 is 1.93 bits per heavy atom. The van der Waals surface area contributed by atoms with Crippen molar-refractivity contribution in [2.24, 2.45) is 0 Å². The van der Waals surface area contributed by atoms with Crippen LogP contribution in [-0.4, -0.2) is 31.4 Å². The van der Waals surface area contributed by atoms with Crippen molar-refractivity contribution in [2.45, 2.75) is 12.1 Å². The molecule has 4 rings (SSSR count). The second-order valence-corrected chi connectivity index (χ2v) is 6.98. The fourth-order valence-corrected chi connectivity index (χ4v) is 3.46. The molecule has 7 heteroatoms. The maximum absolute atomic E-state index is 12.4. The molecule has 0 atom stereocenters. The van der Waals surface area contributed by atoms with E-state index in [2.05, 4.69) is 20.5 Å². The second-order valence-electron chi connectivity index (χ2n) is 6.04. The first-order valence-corrected chi connectivity index (χ1v) is 9.43. The van der Waals surface area contributed by atoms with Gasteiger partial charge in [-0.15, -0.1) is 10.2 Å². The lowest BCUT2D eigenvalue weighted by molar-refractivity contribution is -0.113. The van der Waals surface area contributed by atoms with Crippen LogP contribution < -0.4 is 5.32 Å². The second kappa shape index (κ2) is 7.59. The molecule has 0 bridgehead atoms. The van der Waals surface area contributed by atoms with Gasteiger partial charge in [0.25, 0.3) is 0 Å². The molecule has 0 unspecified atom stereocenters. The highest BCUT2D eigenvalue weighted by molar-refractivity contribution is 7.99. The number of anilines is 1. The van der Waals surface area contributed by atoms with E-state index in [1.807, 2.05) is 66.1 Å². The summed E-state index contributed by atoms with van der Waals surface area (Å²) in [6.07, 6.45) is 3.37. The van der Waals surface area contributed by atoms with Crippen LogP contribution in [0.15, 0.2) is 72.3 Å². The molecule has 0 saturated carbocycles. The molecule has 0 spiro atoms. The van der Waals surface area contributed by atoms with Crippen LogP contribution in [0.4, 0.5) is 5.69 Å². The lowest BCUT2D eigenvalue weighted by atomic mass is 10.2. The van der Waals surface area contributed by atoms with Gasteiger partial charge in [0.05, 0.1) is 17.0 Å². The van der Waals surface area contributed by atoms with E-state index in [1.54, 1.807) is 12.5 Å². The molecule has 2 aromatic carbocycles. The van der Waals surface area contributed by atoms with E-state index in [0.29, 0.717) is 10.8 Å². The zero-order valence-corrected chi connectivity index (χ0v) is 15.5. The van der Waals surface area contributed by atoms with E-state index >= 15 is 0 Å². The first-order chi connectivity index (χ1) is 13.2. The van der Waals surface area contributed by atoms with Crippen molar-refractivity contribution in [1.29, 1.82) is 0 Å². The molecule has 1 N–H and O–H groups in total. The minimum absolute atomic E-state index is 0.114. The quantitative estimate of drug-likeness (QED) is 0.536. The topological polar surface area (TPSA) is 72.7 Å². The van der Waals surface area contributed by atoms with Crippen molar-refractivity contribution >= 4 is 34.3 Å². The number of nitrogens with one attached hydrogen (secondary N) is 1. The van der Waals surface area contributed by atoms with Crippen LogP contribution in [0.25, 0.3) is 16.6 Å². The van der Waals surface area contributed by atoms with Crippen molar-refractivity contribution in [3.05, 3.63) is 72.7 Å². The monoisotopic (exact) mass is 375 g/mol. The highest BCUT2D eigenvalue weighted by Gasteiger charge is 2.11. The molecule has 0 fully saturated rings. The van der Waals surface area contributed by atoms with E-state index in [1.165, 1.54) is 17.3 Å². The van der Waals surface area contributed by atoms with Gasteiger partial charge in [-0.25, -0.2) is 0 Å². The molecule has 1 amide bonds. The predicted octanol–water partition coefficient (Wildman–Crippen LogP) is 3.85. The summed E-state index contributed by atoms with van der Waals surface area (Å²) in [5.74, 6) is 0.116. The van der Waals surface area contributed by atoms with E-state index in [4.69, 9.17) is 0 Å². The third-order valence-electron chi connectivity index (χ3n) is 4.07. The number of aryl methyl sites for hydroxylation is 1. The van der Waals surface area contributed by atoms with Crippen molar-refractivity contribution in [3.8, 4) is 5.69 Å². The smallest absolute Gasteiger partial charge is 0.234 e. The lowest BCUT2D eigenvalue weighted by Crippen LogP contribution is -2.15. The SMILES string of the molecule is Cc1ccc(-n2cnnc2SCC(=O)Nc2cccc3cccnc23)cc1. The van der Waals surface area contributed by atoms with Crippen LogP contribution in [0.3, 0.4) is 0 Å². The Morgan fingerprint density at radius 3 is 2.78 bits per heavy atom. The average molecular weight is 375 g/mol. The van der Waals surface area contributed by atoms with E-state index in [9.17, 15) is 4.79 Å². The zero-order valence-electron chi connectivity index (χ0n) is 14.7. The summed E-state index contributed by atoms with van der Waals surface area (Å²) in [5.41, 5.74) is 3.63. The number of amides is 1. The Hall–Kier alpha value is -3.19. The molecule has 0 saturated heterocycles. The maximum atomic E-state index is 12.4. The van der Waals surface area contributed by atoms with Crippen LogP contribution in [0.5, 0.6) is 0 Å². The fourth-order valence-electron chi connectivity index (χ4n) is 2.73. The number of para-hydroxylation sites is 1. The number of carbonyl (C=O) groups is 1. The van der Waals surface area contributed by atoms with E-state index < -0.39 is 0 Å². The molecular formula is C20H17N5OS. The third kappa shape index (κ3) is 3.83. The number of carbonyl (C=O) groups excluding carboxylic acids is 1. The van der Waals surface area contributed by atoms with Gasteiger partial charge in [0.2, 0.25) is 5.91 Å². The number of hydrogen-bond acceptors (Lipinski definition) is 5. The Morgan fingerprint density at radius 1 is 1.11 bits per heavy atom. The van der Waals surface area contributed by atoms with Crippen molar-refractivity contribution in [2.75, 3.05) is 11.1 Å². The summed E-state index contributed by atoms with van der Waals surface area (Å²) in [7, 11) is 0. The van der Waals surface area contributed by atoms with Crippen LogP contribution in [0.1, 0.15) is 5.56 Å². The summed E-state index contributed by atoms with van der Waals surface area (Å²) in [4.78, 5) is 16.8. The fraction of sp³-hybridized carbons (Fsp3) is 0.100. The molecule has 2 aromatic heterocycles. The van der Waals surface area contributed by atoms with Crippen molar-refractivity contribution in [3.63, 3.8) is 0 Å². The number of thioether (sulfide) groups is 1. The molecule has 0 aliphatic rings. The Bertz CT molecular complexity index is 1090. The number of rotatable bonds is 5. The summed E-state index contributed by atoms with van der Waals surface area (Å²) in [5, 5.41) is 12.7. The first kappa shape index (κ1) is 17.2. The summed E-state index contributed by atoms with van der Waals surface area (Å²) in [6.45, 7) is 2.04. The third-order valence-corrected chi connectivity index (χ3v) is 5.01. The average Bonchev–Trinajstić information content (AvgIpc) is 3.16. The van der Waals surface area contributed by atoms with Crippen LogP contribution in [0.2, 0.25) is 0 Å². The molecule has 134 valence electrons. The Balaban J connectivity index is 1.46. The minimum atomic E-state index is -0.114. The van der Waals surface area contributed by atoms with Crippen LogP contribution in [-0.2, 0) is 4.79 Å². The highest BCUT2D eigenvalue weighted by Crippen LogP contribution is 2.23. The van der Waals surface area contributed by atoms with E-state index in [-0.39, 0.29) is 11.7 Å². The predicted molar refractivity (Wildman–Crippen MR) is 107 cm³/mol. The largest absolute Gasteiger partial charge is 0.323 e. The molecule has 2 heterocycles. The number of fused-ring (bicyclic) bond motifs is 1. The number of aromatic nitrogens is 4. The van der Waals surface area contributed by atoms with Gasteiger partial charge in [0.1, 0.15) is 6.33 Å². The van der Waals surface area contributed by atoms with E-state index in [0.717, 1.165) is 16.6 Å². The van der Waals surface area contributed by atoms with Gasteiger partial charge in [0.15, 0.2) is 5.16 Å². The standard InChI is InChI=1S/C20H17N5OS/c1-14-7-9-16(10-8-14)25-13-22-24-20(25)27-12-18(26)23-17-6-2-4-15-5-3-11-21-19(15)17/h2-11,13H,12H2,1H3,(H,23,26). The van der Waals surface area contributed by atoms with Gasteiger partial charge in [-0.1, -0.05) is 47.7 Å². The molecule has 6 nitrogen and oxygen atoms in total. The maximum Gasteiger partial charge on any atom is 0.234 e. The summed E-state index contributed by atoms with van der Waals surface area (Å²) in [6, 6.07) is 17.6. The number of hydrogen-bond donors (Lipinski definition) is 1. The molecule has 0 radical (unpaired) electrons. The number of pyridine rings is 1. The molecule has 27 heavy (non-hydrogen) atoms. The van der Waals surface area contributed by atoms with Gasteiger partial charge >= 0.3 is 0 Å². The van der Waals surface area contributed by atoms with Crippen molar-refractivity contribution in [1.82, 2.24) is 19.7 Å². The number of nitrogens with zero attached hydrogens (tertiary/aromatic N) is 4. The van der Waals surface area contributed by atoms with Gasteiger partial charge in [-0.05, 0) is 31.2 Å². The van der Waals surface area contributed by atoms with Gasteiger partial charge in [-0.3, -0.25) is 14.3 Å². The molecular weight excluding hydrogens is 358 g/mol. The van der Waals surface area contributed by atoms with Crippen molar-refractivity contribution < 1.29 is 4.79 Å². The Labute approximate surface area is 160 Å². The first-order valence-electron chi connectivity index (χ1n) is 8.44. The normalized spacial score (nSPS) is 10.9. The number of benzene rings is 2. The van der Waals surface area contributed by atoms with Crippen LogP contribution in [0, 0.1) is 6.92 Å². The van der Waals surface area contributed by atoms with Gasteiger partial charge < -0.3 is 5.32 Å². The highest BCUT2D eigenvalue weighted by atomic mass is 32.2. The van der Waals surface area contributed by atoms with Crippen LogP contribution >= 0.6 is 11.8 Å². The summed E-state index contributed by atoms with van der Waals surface area (Å²) < 4.78 is 1.87.